The zero-order chi connectivity index (χ0) is 13.5. The summed E-state index contributed by atoms with van der Waals surface area (Å²) in [6.45, 7) is 1.47. The Labute approximate surface area is 106 Å². The van der Waals surface area contributed by atoms with Crippen molar-refractivity contribution in [2.45, 2.75) is 13.5 Å². The van der Waals surface area contributed by atoms with Crippen molar-refractivity contribution in [1.82, 2.24) is 10.4 Å². The number of esters is 1. The molecule has 0 aliphatic carbocycles. The van der Waals surface area contributed by atoms with Crippen LogP contribution in [0, 0.1) is 0 Å². The Balaban J connectivity index is 2.69. The number of anilines is 1. The Morgan fingerprint density at radius 2 is 1.94 bits per heavy atom. The van der Waals surface area contributed by atoms with Crippen LogP contribution in [-0.2, 0) is 16.1 Å². The Morgan fingerprint density at radius 3 is 2.56 bits per heavy atom. The summed E-state index contributed by atoms with van der Waals surface area (Å²) in [5.41, 5.74) is 3.91. The van der Waals surface area contributed by atoms with Crippen molar-refractivity contribution in [3.63, 3.8) is 0 Å². The number of urea groups is 1. The molecule has 2 N–H and O–H groups in total. The summed E-state index contributed by atoms with van der Waals surface area (Å²) in [6.07, 6.45) is 0. The molecule has 0 aliphatic heterocycles. The first-order valence-electron chi connectivity index (χ1n) is 5.45. The highest BCUT2D eigenvalue weighted by Gasteiger charge is 2.07. The predicted molar refractivity (Wildman–Crippen MR) is 67.8 cm³/mol. The number of hydrogen-bond acceptors (Lipinski definition) is 4. The van der Waals surface area contributed by atoms with E-state index in [1.165, 1.54) is 11.9 Å². The lowest BCUT2D eigenvalue weighted by Crippen LogP contribution is -2.39. The maximum atomic E-state index is 11.5. The van der Waals surface area contributed by atoms with Gasteiger partial charge in [0.05, 0.1) is 0 Å². The van der Waals surface area contributed by atoms with Crippen LogP contribution in [0.4, 0.5) is 10.5 Å². The Bertz CT molecular complexity index is 432. The monoisotopic (exact) mass is 251 g/mol. The van der Waals surface area contributed by atoms with Crippen LogP contribution in [-0.4, -0.2) is 31.1 Å². The molecule has 0 spiro atoms. The van der Waals surface area contributed by atoms with Gasteiger partial charge in [0.2, 0.25) is 0 Å². The fourth-order valence-corrected chi connectivity index (χ4v) is 1.30. The molecular weight excluding hydrogens is 234 g/mol. The standard InChI is InChI=1S/C12H17N3O3/c1-9(16)18-8-10-6-4-5-7-11(10)13-12(17)14-15(2)3/h4-7H,8H2,1-3H3,(H2,13,14,17). The van der Waals surface area contributed by atoms with Crippen LogP contribution in [0.5, 0.6) is 0 Å². The number of carbonyl (C=O) groups is 2. The molecule has 0 aromatic heterocycles. The third-order valence-corrected chi connectivity index (χ3v) is 2.02. The number of rotatable bonds is 4. The Kier molecular flexibility index (Phi) is 5.13. The Hall–Kier alpha value is -2.08. The molecule has 0 aliphatic rings. The van der Waals surface area contributed by atoms with Crippen molar-refractivity contribution >= 4 is 17.7 Å². The van der Waals surface area contributed by atoms with E-state index in [2.05, 4.69) is 10.7 Å². The normalized spacial score (nSPS) is 10.0. The molecule has 1 aromatic rings. The van der Waals surface area contributed by atoms with Crippen LogP contribution < -0.4 is 10.7 Å². The predicted octanol–water partition coefficient (Wildman–Crippen LogP) is 1.35. The van der Waals surface area contributed by atoms with Crippen molar-refractivity contribution in [2.24, 2.45) is 0 Å². The molecule has 18 heavy (non-hydrogen) atoms. The first-order chi connectivity index (χ1) is 8.49. The number of nitrogens with zero attached hydrogens (tertiary/aromatic N) is 1. The molecule has 1 rings (SSSR count). The molecule has 0 bridgehead atoms. The lowest BCUT2D eigenvalue weighted by atomic mass is 10.2. The molecule has 6 nitrogen and oxygen atoms in total. The van der Waals surface area contributed by atoms with E-state index in [0.29, 0.717) is 5.69 Å². The first kappa shape index (κ1) is 14.0. The first-order valence-corrected chi connectivity index (χ1v) is 5.45. The molecular formula is C12H17N3O3. The maximum Gasteiger partial charge on any atom is 0.333 e. The van der Waals surface area contributed by atoms with Crippen LogP contribution in [0.15, 0.2) is 24.3 Å². The van der Waals surface area contributed by atoms with E-state index in [1.54, 1.807) is 32.3 Å². The second-order valence-corrected chi connectivity index (χ2v) is 3.90. The van der Waals surface area contributed by atoms with Crippen LogP contribution in [0.1, 0.15) is 12.5 Å². The molecule has 98 valence electrons. The number of amides is 2. The van der Waals surface area contributed by atoms with Gasteiger partial charge in [0.1, 0.15) is 6.61 Å². The average molecular weight is 251 g/mol. The summed E-state index contributed by atoms with van der Waals surface area (Å²) in [7, 11) is 3.43. The van der Waals surface area contributed by atoms with E-state index in [9.17, 15) is 9.59 Å². The van der Waals surface area contributed by atoms with Gasteiger partial charge in [-0.2, -0.15) is 0 Å². The second-order valence-electron chi connectivity index (χ2n) is 3.90. The van der Waals surface area contributed by atoms with Gasteiger partial charge in [-0.15, -0.1) is 0 Å². The minimum Gasteiger partial charge on any atom is -0.461 e. The number of nitrogens with one attached hydrogen (secondary N) is 2. The number of hydrogen-bond donors (Lipinski definition) is 2. The molecule has 1 aromatic carbocycles. The Morgan fingerprint density at radius 1 is 1.28 bits per heavy atom. The van der Waals surface area contributed by atoms with Gasteiger partial charge in [0.15, 0.2) is 0 Å². The SMILES string of the molecule is CC(=O)OCc1ccccc1NC(=O)NN(C)C. The summed E-state index contributed by atoms with van der Waals surface area (Å²) in [5.74, 6) is -0.359. The van der Waals surface area contributed by atoms with Crippen molar-refractivity contribution < 1.29 is 14.3 Å². The lowest BCUT2D eigenvalue weighted by Gasteiger charge is -2.15. The van der Waals surface area contributed by atoms with E-state index in [-0.39, 0.29) is 18.6 Å². The number of hydrazine groups is 1. The summed E-state index contributed by atoms with van der Waals surface area (Å²) in [6, 6.07) is 6.79. The summed E-state index contributed by atoms with van der Waals surface area (Å²) in [5, 5.41) is 4.21. The molecule has 0 heterocycles. The van der Waals surface area contributed by atoms with E-state index < -0.39 is 0 Å². The zero-order valence-corrected chi connectivity index (χ0v) is 10.7. The van der Waals surface area contributed by atoms with Crippen LogP contribution in [0.2, 0.25) is 0 Å². The smallest absolute Gasteiger partial charge is 0.333 e. The van der Waals surface area contributed by atoms with Gasteiger partial charge in [-0.05, 0) is 6.07 Å². The molecule has 2 amide bonds. The highest BCUT2D eigenvalue weighted by atomic mass is 16.5. The van der Waals surface area contributed by atoms with E-state index in [1.807, 2.05) is 6.07 Å². The molecule has 0 radical (unpaired) electrons. The van der Waals surface area contributed by atoms with Crippen LogP contribution >= 0.6 is 0 Å². The minimum absolute atomic E-state index is 0.133. The molecule has 0 unspecified atom stereocenters. The van der Waals surface area contributed by atoms with Gasteiger partial charge in [0, 0.05) is 32.3 Å². The number of benzene rings is 1. The number of carbonyl (C=O) groups excluding carboxylic acids is 2. The lowest BCUT2D eigenvalue weighted by molar-refractivity contribution is -0.142. The topological polar surface area (TPSA) is 70.7 Å². The summed E-state index contributed by atoms with van der Waals surface area (Å²) in [4.78, 5) is 22.3. The van der Waals surface area contributed by atoms with Crippen molar-refractivity contribution in [3.05, 3.63) is 29.8 Å². The quantitative estimate of drug-likeness (QED) is 0.626. The van der Waals surface area contributed by atoms with Gasteiger partial charge in [-0.25, -0.2) is 9.80 Å². The van der Waals surface area contributed by atoms with Crippen LogP contribution in [0.3, 0.4) is 0 Å². The fourth-order valence-electron chi connectivity index (χ4n) is 1.30. The van der Waals surface area contributed by atoms with Crippen molar-refractivity contribution in [3.8, 4) is 0 Å². The maximum absolute atomic E-state index is 11.5. The molecule has 0 fully saturated rings. The largest absolute Gasteiger partial charge is 0.461 e. The van der Waals surface area contributed by atoms with Crippen LogP contribution in [0.25, 0.3) is 0 Å². The van der Waals surface area contributed by atoms with Crippen molar-refractivity contribution in [2.75, 3.05) is 19.4 Å². The fraction of sp³-hybridized carbons (Fsp3) is 0.333. The average Bonchev–Trinajstić information content (AvgIpc) is 2.26. The third-order valence-electron chi connectivity index (χ3n) is 2.02. The van der Waals surface area contributed by atoms with Gasteiger partial charge >= 0.3 is 12.0 Å². The van der Waals surface area contributed by atoms with E-state index in [0.717, 1.165) is 5.56 Å². The van der Waals surface area contributed by atoms with Gasteiger partial charge in [0.25, 0.3) is 0 Å². The summed E-state index contributed by atoms with van der Waals surface area (Å²) >= 11 is 0. The van der Waals surface area contributed by atoms with E-state index in [4.69, 9.17) is 4.74 Å². The molecule has 0 atom stereocenters. The number of para-hydroxylation sites is 1. The number of ether oxygens (including phenoxy) is 1. The van der Waals surface area contributed by atoms with Gasteiger partial charge in [-0.3, -0.25) is 10.2 Å². The highest BCUT2D eigenvalue weighted by Crippen LogP contribution is 2.15. The molecule has 0 saturated heterocycles. The zero-order valence-electron chi connectivity index (χ0n) is 10.7. The minimum atomic E-state index is -0.359. The van der Waals surface area contributed by atoms with E-state index >= 15 is 0 Å². The van der Waals surface area contributed by atoms with Gasteiger partial charge in [-0.1, -0.05) is 18.2 Å². The highest BCUT2D eigenvalue weighted by molar-refractivity contribution is 5.89. The van der Waals surface area contributed by atoms with Gasteiger partial charge < -0.3 is 10.1 Å². The second kappa shape index (κ2) is 6.61. The van der Waals surface area contributed by atoms with Crippen molar-refractivity contribution in [1.29, 1.82) is 0 Å². The summed E-state index contributed by atoms with van der Waals surface area (Å²) < 4.78 is 4.91. The molecule has 6 heteroatoms. The third kappa shape index (κ3) is 4.84. The molecule has 0 saturated carbocycles.